The molecule has 1 heterocycles. The van der Waals surface area contributed by atoms with Crippen molar-refractivity contribution in [2.45, 2.75) is 51.9 Å². The summed E-state index contributed by atoms with van der Waals surface area (Å²) in [6.07, 6.45) is 8.48. The molecule has 0 amide bonds. The third-order valence-corrected chi connectivity index (χ3v) is 6.86. The number of rotatable bonds is 10. The maximum absolute atomic E-state index is 12.0. The number of esters is 1. The van der Waals surface area contributed by atoms with Crippen LogP contribution in [0.3, 0.4) is 0 Å². The van der Waals surface area contributed by atoms with Gasteiger partial charge in [0.15, 0.2) is 0 Å². The van der Waals surface area contributed by atoms with Gasteiger partial charge in [0.25, 0.3) is 0 Å². The number of nitrogens with one attached hydrogen (secondary N) is 1. The van der Waals surface area contributed by atoms with Gasteiger partial charge in [0.2, 0.25) is 0 Å². The van der Waals surface area contributed by atoms with Crippen molar-refractivity contribution in [3.05, 3.63) is 39.6 Å². The summed E-state index contributed by atoms with van der Waals surface area (Å²) in [5.41, 5.74) is 2.20. The molecular formula is C24H33NO4S. The molecule has 0 bridgehead atoms. The van der Waals surface area contributed by atoms with Gasteiger partial charge < -0.3 is 19.5 Å². The summed E-state index contributed by atoms with van der Waals surface area (Å²) in [4.78, 5) is 13.9. The topological polar surface area (TPSA) is 56.8 Å². The van der Waals surface area contributed by atoms with Crippen LogP contribution in [0.25, 0.3) is 0 Å². The lowest BCUT2D eigenvalue weighted by molar-refractivity contribution is 0.0606. The molecule has 1 aliphatic rings. The molecule has 1 aliphatic carbocycles. The smallest absolute Gasteiger partial charge is 0.348 e. The van der Waals surface area contributed by atoms with E-state index < -0.39 is 0 Å². The SMILES string of the molecule is CCc1ccc(OC)cc1OCCNc1cc(C(=O)OC)sc1CC1CCCCC1. The van der Waals surface area contributed by atoms with Crippen molar-refractivity contribution in [1.82, 2.24) is 0 Å². The van der Waals surface area contributed by atoms with Crippen LogP contribution in [0.1, 0.15) is 59.1 Å². The van der Waals surface area contributed by atoms with E-state index in [1.54, 1.807) is 18.4 Å². The van der Waals surface area contributed by atoms with Gasteiger partial charge in [0.1, 0.15) is 23.0 Å². The summed E-state index contributed by atoms with van der Waals surface area (Å²) in [5, 5.41) is 3.48. The number of ether oxygens (including phenoxy) is 3. The standard InChI is InChI=1S/C24H33NO4S/c1-4-18-10-11-19(27-2)15-21(18)29-13-12-25-20-16-23(24(26)28-3)30-22(20)14-17-8-6-5-7-9-17/h10-11,15-17,25H,4-9,12-14H2,1-3H3. The molecular weight excluding hydrogens is 398 g/mol. The second-order valence-corrected chi connectivity index (χ2v) is 8.89. The van der Waals surface area contributed by atoms with Gasteiger partial charge in [-0.1, -0.05) is 45.1 Å². The van der Waals surface area contributed by atoms with Gasteiger partial charge >= 0.3 is 5.97 Å². The molecule has 0 radical (unpaired) electrons. The summed E-state index contributed by atoms with van der Waals surface area (Å²) in [6, 6.07) is 7.87. The molecule has 0 saturated heterocycles. The number of anilines is 1. The van der Waals surface area contributed by atoms with Gasteiger partial charge in [0.05, 0.1) is 14.2 Å². The van der Waals surface area contributed by atoms with Gasteiger partial charge in [-0.25, -0.2) is 4.79 Å². The van der Waals surface area contributed by atoms with Gasteiger partial charge in [-0.2, -0.15) is 0 Å². The molecule has 0 unspecified atom stereocenters. The van der Waals surface area contributed by atoms with Gasteiger partial charge in [-0.3, -0.25) is 0 Å². The first-order chi connectivity index (χ1) is 14.6. The molecule has 30 heavy (non-hydrogen) atoms. The summed E-state index contributed by atoms with van der Waals surface area (Å²) in [5.74, 6) is 2.11. The van der Waals surface area contributed by atoms with Crippen LogP contribution in [0, 0.1) is 5.92 Å². The summed E-state index contributed by atoms with van der Waals surface area (Å²) in [6.45, 7) is 3.31. The number of carbonyl (C=O) groups excluding carboxylic acids is 1. The molecule has 0 aliphatic heterocycles. The number of hydrogen-bond acceptors (Lipinski definition) is 6. The Morgan fingerprint density at radius 1 is 1.17 bits per heavy atom. The third kappa shape index (κ3) is 5.91. The van der Waals surface area contributed by atoms with E-state index in [1.807, 2.05) is 24.3 Å². The Morgan fingerprint density at radius 3 is 2.67 bits per heavy atom. The molecule has 1 aromatic heterocycles. The van der Waals surface area contributed by atoms with Crippen molar-refractivity contribution in [1.29, 1.82) is 0 Å². The quantitative estimate of drug-likeness (QED) is 0.385. The van der Waals surface area contributed by atoms with E-state index in [1.165, 1.54) is 44.1 Å². The van der Waals surface area contributed by atoms with Crippen molar-refractivity contribution in [3.8, 4) is 11.5 Å². The average molecular weight is 432 g/mol. The van der Waals surface area contributed by atoms with Crippen LogP contribution >= 0.6 is 11.3 Å². The summed E-state index contributed by atoms with van der Waals surface area (Å²) in [7, 11) is 3.10. The number of hydrogen-bond donors (Lipinski definition) is 1. The molecule has 0 spiro atoms. The molecule has 5 nitrogen and oxygen atoms in total. The first-order valence-corrected chi connectivity index (χ1v) is 11.7. The van der Waals surface area contributed by atoms with Crippen molar-refractivity contribution in [2.24, 2.45) is 5.92 Å². The Kier molecular flexibility index (Phi) is 8.43. The monoisotopic (exact) mass is 431 g/mol. The zero-order valence-electron chi connectivity index (χ0n) is 18.3. The van der Waals surface area contributed by atoms with Crippen LogP contribution in [0.4, 0.5) is 5.69 Å². The number of thiophene rings is 1. The minimum atomic E-state index is -0.266. The molecule has 0 atom stereocenters. The van der Waals surface area contributed by atoms with Crippen LogP contribution in [0.2, 0.25) is 0 Å². The summed E-state index contributed by atoms with van der Waals surface area (Å²) >= 11 is 1.56. The predicted octanol–water partition coefficient (Wildman–Crippen LogP) is 5.72. The Balaban J connectivity index is 1.62. The van der Waals surface area contributed by atoms with Crippen molar-refractivity contribution in [3.63, 3.8) is 0 Å². The lowest BCUT2D eigenvalue weighted by Gasteiger charge is -2.21. The van der Waals surface area contributed by atoms with Crippen molar-refractivity contribution >= 4 is 23.0 Å². The minimum Gasteiger partial charge on any atom is -0.497 e. The van der Waals surface area contributed by atoms with Crippen LogP contribution < -0.4 is 14.8 Å². The van der Waals surface area contributed by atoms with Crippen LogP contribution in [-0.4, -0.2) is 33.3 Å². The van der Waals surface area contributed by atoms with E-state index in [0.717, 1.165) is 35.6 Å². The van der Waals surface area contributed by atoms with Gasteiger partial charge in [0, 0.05) is 23.2 Å². The number of carbonyl (C=O) groups is 1. The van der Waals surface area contributed by atoms with E-state index in [2.05, 4.69) is 12.2 Å². The van der Waals surface area contributed by atoms with E-state index in [0.29, 0.717) is 23.9 Å². The van der Waals surface area contributed by atoms with Crippen LogP contribution in [0.5, 0.6) is 11.5 Å². The largest absolute Gasteiger partial charge is 0.497 e. The molecule has 3 rings (SSSR count). The zero-order valence-corrected chi connectivity index (χ0v) is 19.1. The Hall–Kier alpha value is -2.21. The first kappa shape index (κ1) is 22.5. The molecule has 1 saturated carbocycles. The lowest BCUT2D eigenvalue weighted by atomic mass is 9.86. The number of methoxy groups -OCH3 is 2. The second-order valence-electron chi connectivity index (χ2n) is 7.75. The fourth-order valence-electron chi connectivity index (χ4n) is 4.02. The highest BCUT2D eigenvalue weighted by molar-refractivity contribution is 7.14. The first-order valence-electron chi connectivity index (χ1n) is 10.9. The number of benzene rings is 1. The van der Waals surface area contributed by atoms with Crippen LogP contribution in [0.15, 0.2) is 24.3 Å². The third-order valence-electron chi connectivity index (χ3n) is 5.72. The van der Waals surface area contributed by atoms with Crippen LogP contribution in [-0.2, 0) is 17.6 Å². The van der Waals surface area contributed by atoms with E-state index in [4.69, 9.17) is 14.2 Å². The van der Waals surface area contributed by atoms with E-state index >= 15 is 0 Å². The second kappa shape index (κ2) is 11.3. The maximum Gasteiger partial charge on any atom is 0.348 e. The highest BCUT2D eigenvalue weighted by atomic mass is 32.1. The lowest BCUT2D eigenvalue weighted by Crippen LogP contribution is -2.14. The molecule has 2 aromatic rings. The number of aryl methyl sites for hydroxylation is 1. The fraction of sp³-hybridized carbons (Fsp3) is 0.542. The molecule has 1 N–H and O–H groups in total. The predicted molar refractivity (Wildman–Crippen MR) is 122 cm³/mol. The van der Waals surface area contributed by atoms with E-state index in [-0.39, 0.29) is 5.97 Å². The minimum absolute atomic E-state index is 0.266. The molecule has 164 valence electrons. The van der Waals surface area contributed by atoms with Crippen molar-refractivity contribution in [2.75, 3.05) is 32.7 Å². The van der Waals surface area contributed by atoms with Gasteiger partial charge in [-0.15, -0.1) is 11.3 Å². The normalized spacial score (nSPS) is 14.4. The zero-order chi connectivity index (χ0) is 21.3. The Morgan fingerprint density at radius 2 is 1.97 bits per heavy atom. The van der Waals surface area contributed by atoms with Gasteiger partial charge in [-0.05, 0) is 36.5 Å². The molecule has 6 heteroatoms. The highest BCUT2D eigenvalue weighted by Crippen LogP contribution is 2.34. The average Bonchev–Trinajstić information content (AvgIpc) is 3.19. The molecule has 1 aromatic carbocycles. The van der Waals surface area contributed by atoms with Crippen molar-refractivity contribution < 1.29 is 19.0 Å². The fourth-order valence-corrected chi connectivity index (χ4v) is 5.19. The summed E-state index contributed by atoms with van der Waals surface area (Å²) < 4.78 is 16.3. The molecule has 1 fully saturated rings. The maximum atomic E-state index is 12.0. The highest BCUT2D eigenvalue weighted by Gasteiger charge is 2.20. The Labute approximate surface area is 183 Å². The van der Waals surface area contributed by atoms with E-state index in [9.17, 15) is 4.79 Å². The Bertz CT molecular complexity index is 827.